The molecular formula is C57H38N2O2. The quantitative estimate of drug-likeness (QED) is 0.175. The van der Waals surface area contributed by atoms with Gasteiger partial charge in [-0.1, -0.05) is 146 Å². The minimum Gasteiger partial charge on any atom is -0.456 e. The average molecular weight is 783 g/mol. The molecule has 1 aliphatic heterocycles. The van der Waals surface area contributed by atoms with Crippen molar-refractivity contribution in [3.8, 4) is 22.3 Å². The third-order valence-electron chi connectivity index (χ3n) is 12.4. The van der Waals surface area contributed by atoms with Gasteiger partial charge in [0.15, 0.2) is 5.84 Å². The van der Waals surface area contributed by atoms with Gasteiger partial charge < -0.3 is 8.83 Å². The smallest absolute Gasteiger partial charge is 0.160 e. The Balaban J connectivity index is 1.07. The first-order valence-electron chi connectivity index (χ1n) is 20.9. The molecule has 61 heavy (non-hydrogen) atoms. The van der Waals surface area contributed by atoms with Gasteiger partial charge in [-0.25, -0.2) is 9.98 Å². The van der Waals surface area contributed by atoms with Gasteiger partial charge >= 0.3 is 0 Å². The van der Waals surface area contributed by atoms with Crippen LogP contribution in [-0.2, 0) is 0 Å². The molecule has 0 bridgehead atoms. The third kappa shape index (κ3) is 5.90. The fourth-order valence-corrected chi connectivity index (χ4v) is 9.35. The van der Waals surface area contributed by atoms with Gasteiger partial charge in [0, 0.05) is 32.7 Å². The largest absolute Gasteiger partial charge is 0.456 e. The Morgan fingerprint density at radius 2 is 1.08 bits per heavy atom. The molecule has 4 nitrogen and oxygen atoms in total. The van der Waals surface area contributed by atoms with Gasteiger partial charge in [-0.05, 0) is 117 Å². The highest BCUT2D eigenvalue weighted by Gasteiger charge is 2.22. The zero-order valence-electron chi connectivity index (χ0n) is 33.5. The minimum atomic E-state index is 0.675. The lowest BCUT2D eigenvalue weighted by atomic mass is 9.91. The number of aliphatic imine (C=N–C) groups is 2. The molecule has 0 radical (unpaired) electrons. The van der Waals surface area contributed by atoms with E-state index in [4.69, 9.17) is 18.8 Å². The van der Waals surface area contributed by atoms with Gasteiger partial charge in [-0.15, -0.1) is 0 Å². The maximum absolute atomic E-state index is 6.61. The van der Waals surface area contributed by atoms with Gasteiger partial charge in [0.2, 0.25) is 0 Å². The molecule has 0 spiro atoms. The number of amidine groups is 1. The van der Waals surface area contributed by atoms with Gasteiger partial charge in [0.25, 0.3) is 0 Å². The van der Waals surface area contributed by atoms with Crippen LogP contribution in [0.5, 0.6) is 0 Å². The SMILES string of the molecule is C/C1=C(\c2cccc3c2oc2ccccc23)N=C(c2ccc(-c3cccc4oc5cc(-c6ccccc6)ccc5c34)c3ccccc23)N=C(c2ccc3ccccc3c2)CC1. The predicted octanol–water partition coefficient (Wildman–Crippen LogP) is 15.6. The molecule has 0 fully saturated rings. The summed E-state index contributed by atoms with van der Waals surface area (Å²) in [7, 11) is 0. The Hall–Kier alpha value is -7.82. The highest BCUT2D eigenvalue weighted by atomic mass is 16.3. The Bertz CT molecular complexity index is 3660. The average Bonchev–Trinajstić information content (AvgIpc) is 3.89. The van der Waals surface area contributed by atoms with Crippen molar-refractivity contribution < 1.29 is 8.83 Å². The fourth-order valence-electron chi connectivity index (χ4n) is 9.35. The lowest BCUT2D eigenvalue weighted by Gasteiger charge is -2.18. The van der Waals surface area contributed by atoms with Crippen LogP contribution in [-0.4, -0.2) is 11.5 Å². The van der Waals surface area contributed by atoms with Gasteiger partial charge in [-0.3, -0.25) is 0 Å². The van der Waals surface area contributed by atoms with Crippen molar-refractivity contribution in [1.29, 1.82) is 0 Å². The number of nitrogens with zero attached hydrogens (tertiary/aromatic N) is 2. The van der Waals surface area contributed by atoms with E-state index in [9.17, 15) is 0 Å². The maximum Gasteiger partial charge on any atom is 0.160 e. The molecule has 0 atom stereocenters. The zero-order valence-corrected chi connectivity index (χ0v) is 33.5. The molecule has 3 heterocycles. The molecule has 2 aromatic heterocycles. The zero-order chi connectivity index (χ0) is 40.4. The minimum absolute atomic E-state index is 0.675. The van der Waals surface area contributed by atoms with Crippen LogP contribution in [0.2, 0.25) is 0 Å². The van der Waals surface area contributed by atoms with Crippen molar-refractivity contribution >= 4 is 82.7 Å². The molecule has 0 amide bonds. The first kappa shape index (κ1) is 35.2. The van der Waals surface area contributed by atoms with Crippen molar-refractivity contribution in [1.82, 2.24) is 0 Å². The fraction of sp³-hybridized carbons (Fsp3) is 0.0526. The van der Waals surface area contributed by atoms with Crippen molar-refractivity contribution in [2.24, 2.45) is 9.98 Å². The highest BCUT2D eigenvalue weighted by Crippen LogP contribution is 2.42. The second-order valence-electron chi connectivity index (χ2n) is 16.0. The van der Waals surface area contributed by atoms with Crippen LogP contribution >= 0.6 is 0 Å². The van der Waals surface area contributed by atoms with Crippen LogP contribution in [0.4, 0.5) is 0 Å². The lowest BCUT2D eigenvalue weighted by Crippen LogP contribution is -2.11. The summed E-state index contributed by atoms with van der Waals surface area (Å²) in [6.45, 7) is 2.21. The van der Waals surface area contributed by atoms with E-state index in [-0.39, 0.29) is 0 Å². The molecular weight excluding hydrogens is 745 g/mol. The molecule has 0 N–H and O–H groups in total. The number of rotatable bonds is 5. The first-order valence-corrected chi connectivity index (χ1v) is 20.9. The van der Waals surface area contributed by atoms with Crippen LogP contribution in [0.1, 0.15) is 36.5 Å². The summed E-state index contributed by atoms with van der Waals surface area (Å²) >= 11 is 0. The Labute approximate surface area is 352 Å². The number of para-hydroxylation sites is 2. The number of hydrogen-bond donors (Lipinski definition) is 0. The first-order chi connectivity index (χ1) is 30.1. The van der Waals surface area contributed by atoms with Crippen LogP contribution < -0.4 is 0 Å². The maximum atomic E-state index is 6.61. The van der Waals surface area contributed by atoms with Crippen molar-refractivity contribution in [2.75, 3.05) is 0 Å². The Morgan fingerprint density at radius 3 is 1.97 bits per heavy atom. The monoisotopic (exact) mass is 782 g/mol. The number of furan rings is 2. The number of fused-ring (bicyclic) bond motifs is 8. The number of benzene rings is 9. The molecule has 9 aromatic carbocycles. The lowest BCUT2D eigenvalue weighted by molar-refractivity contribution is 0.667. The van der Waals surface area contributed by atoms with E-state index in [1.807, 2.05) is 18.2 Å². The van der Waals surface area contributed by atoms with Gasteiger partial charge in [0.1, 0.15) is 22.3 Å². The summed E-state index contributed by atoms with van der Waals surface area (Å²) in [6, 6.07) is 66.4. The third-order valence-corrected chi connectivity index (χ3v) is 12.4. The highest BCUT2D eigenvalue weighted by molar-refractivity contribution is 6.22. The van der Waals surface area contributed by atoms with Crippen molar-refractivity contribution in [2.45, 2.75) is 19.8 Å². The van der Waals surface area contributed by atoms with Crippen LogP contribution in [0.15, 0.2) is 212 Å². The van der Waals surface area contributed by atoms with Crippen LogP contribution in [0, 0.1) is 0 Å². The van der Waals surface area contributed by atoms with E-state index in [0.29, 0.717) is 5.84 Å². The molecule has 4 heteroatoms. The van der Waals surface area contributed by atoms with E-state index in [0.717, 1.165) is 118 Å². The van der Waals surface area contributed by atoms with Crippen LogP contribution in [0.25, 0.3) is 93.4 Å². The van der Waals surface area contributed by atoms with E-state index in [2.05, 4.69) is 177 Å². The molecule has 0 saturated heterocycles. The summed E-state index contributed by atoms with van der Waals surface area (Å²) < 4.78 is 13.2. The standard InChI is InChI=1S/C57H38N2O2/c1-35-25-32-50(40-27-26-37-15-5-6-16-38(37)33-40)58-57(59-55(35)49-22-11-21-46-44-19-9-10-23-51(44)61-56(46)49)47-31-30-43(41-17-7-8-18-42(41)47)45-20-12-24-52-54(45)48-29-28-39(34-53(48)60-52)36-13-3-2-4-14-36/h2-24,26-31,33-34H,25,32H2,1H3/b55-35-,58-50?,59-57?. The Kier molecular flexibility index (Phi) is 8.17. The van der Waals surface area contributed by atoms with Gasteiger partial charge in [-0.2, -0.15) is 0 Å². The molecule has 0 aliphatic carbocycles. The summed E-state index contributed by atoms with van der Waals surface area (Å²) in [5, 5.41) is 8.99. The van der Waals surface area contributed by atoms with Gasteiger partial charge in [0.05, 0.1) is 11.4 Å². The summed E-state index contributed by atoms with van der Waals surface area (Å²) in [4.78, 5) is 11.2. The predicted molar refractivity (Wildman–Crippen MR) is 255 cm³/mol. The summed E-state index contributed by atoms with van der Waals surface area (Å²) in [5.41, 5.74) is 14.2. The summed E-state index contributed by atoms with van der Waals surface area (Å²) in [6.07, 6.45) is 1.57. The van der Waals surface area contributed by atoms with Crippen LogP contribution in [0.3, 0.4) is 0 Å². The van der Waals surface area contributed by atoms with E-state index in [1.165, 1.54) is 16.3 Å². The Morgan fingerprint density at radius 1 is 0.393 bits per heavy atom. The van der Waals surface area contributed by atoms with E-state index >= 15 is 0 Å². The molecule has 1 aliphatic rings. The topological polar surface area (TPSA) is 51.0 Å². The van der Waals surface area contributed by atoms with E-state index in [1.54, 1.807) is 0 Å². The second kappa shape index (κ2) is 14.2. The molecule has 288 valence electrons. The second-order valence-corrected chi connectivity index (χ2v) is 16.0. The number of hydrogen-bond acceptors (Lipinski definition) is 4. The van der Waals surface area contributed by atoms with Crippen molar-refractivity contribution in [3.63, 3.8) is 0 Å². The normalized spacial score (nSPS) is 14.8. The molecule has 11 aromatic rings. The molecule has 0 unspecified atom stereocenters. The van der Waals surface area contributed by atoms with Crippen molar-refractivity contribution in [3.05, 3.63) is 210 Å². The number of allylic oxidation sites excluding steroid dienone is 1. The van der Waals surface area contributed by atoms with E-state index < -0.39 is 0 Å². The summed E-state index contributed by atoms with van der Waals surface area (Å²) in [5.74, 6) is 0.675. The molecule has 0 saturated carbocycles. The molecule has 12 rings (SSSR count).